The highest BCUT2D eigenvalue weighted by molar-refractivity contribution is 5.70. The van der Waals surface area contributed by atoms with Crippen molar-refractivity contribution >= 4 is 5.97 Å². The molecule has 0 aliphatic heterocycles. The Bertz CT molecular complexity index is 1400. The van der Waals surface area contributed by atoms with Gasteiger partial charge in [-0.2, -0.15) is 0 Å². The van der Waals surface area contributed by atoms with Gasteiger partial charge in [0, 0.05) is 17.0 Å². The topological polar surface area (TPSA) is 46.5 Å². The van der Waals surface area contributed by atoms with Gasteiger partial charge in [-0.05, 0) is 83.4 Å². The number of carboxylic acid groups (broad SMARTS) is 1. The van der Waals surface area contributed by atoms with Crippen LogP contribution in [0.5, 0.6) is 5.75 Å². The van der Waals surface area contributed by atoms with Crippen LogP contribution >= 0.6 is 0 Å². The molecule has 3 aromatic carbocycles. The minimum absolute atomic E-state index is 0.0490. The number of ether oxygens (including phenoxy) is 1. The van der Waals surface area contributed by atoms with E-state index in [1.807, 2.05) is 6.07 Å². The molecule has 5 rings (SSSR count). The number of alkyl halides is 2. The molecule has 0 spiro atoms. The zero-order valence-electron chi connectivity index (χ0n) is 22.7. The number of rotatable bonds is 10. The maximum atomic E-state index is 15.5. The average Bonchev–Trinajstić information content (AvgIpc) is 3.69. The Morgan fingerprint density at radius 3 is 2.45 bits per heavy atom. The van der Waals surface area contributed by atoms with Crippen LogP contribution in [-0.2, 0) is 11.4 Å². The molecule has 0 unspecified atom stereocenters. The molecule has 3 nitrogen and oxygen atoms in total. The number of benzene rings is 3. The van der Waals surface area contributed by atoms with Crippen molar-refractivity contribution in [3.05, 3.63) is 88.5 Å². The second-order valence-electron chi connectivity index (χ2n) is 11.9. The second kappa shape index (κ2) is 11.3. The molecule has 0 bridgehead atoms. The zero-order valence-corrected chi connectivity index (χ0v) is 22.7. The van der Waals surface area contributed by atoms with Gasteiger partial charge in [0.1, 0.15) is 12.4 Å². The van der Waals surface area contributed by atoms with E-state index < -0.39 is 29.9 Å². The molecular weight excluding hydrogens is 520 g/mol. The first kappa shape index (κ1) is 28.2. The van der Waals surface area contributed by atoms with Gasteiger partial charge in [-0.25, -0.2) is 17.6 Å². The molecule has 40 heavy (non-hydrogen) atoms. The fourth-order valence-electron chi connectivity index (χ4n) is 6.33. The SMILES string of the molecule is CC1(C)CCC[C@@H]1c1cc(COc2cccc([C@@H](CC(=O)O)C3CC3)c2F)ccc1-c1cc(C(F)F)ccc1F. The summed E-state index contributed by atoms with van der Waals surface area (Å²) in [6, 6.07) is 13.7. The Morgan fingerprint density at radius 2 is 1.80 bits per heavy atom. The molecule has 0 aromatic heterocycles. The average molecular weight is 555 g/mol. The van der Waals surface area contributed by atoms with Crippen LogP contribution < -0.4 is 4.74 Å². The third-order valence-corrected chi connectivity index (χ3v) is 8.65. The maximum Gasteiger partial charge on any atom is 0.303 e. The minimum Gasteiger partial charge on any atom is -0.486 e. The van der Waals surface area contributed by atoms with Gasteiger partial charge < -0.3 is 9.84 Å². The molecule has 2 aliphatic rings. The monoisotopic (exact) mass is 554 g/mol. The summed E-state index contributed by atoms with van der Waals surface area (Å²) >= 11 is 0. The predicted molar refractivity (Wildman–Crippen MR) is 146 cm³/mol. The van der Waals surface area contributed by atoms with E-state index in [2.05, 4.69) is 13.8 Å². The molecule has 7 heteroatoms. The Hall–Kier alpha value is -3.35. The fourth-order valence-corrected chi connectivity index (χ4v) is 6.33. The summed E-state index contributed by atoms with van der Waals surface area (Å²) in [7, 11) is 0. The van der Waals surface area contributed by atoms with Crippen molar-refractivity contribution in [2.45, 2.75) is 77.2 Å². The summed E-state index contributed by atoms with van der Waals surface area (Å²) in [5, 5.41) is 9.34. The van der Waals surface area contributed by atoms with Crippen molar-refractivity contribution in [2.24, 2.45) is 11.3 Å². The number of aliphatic carboxylic acids is 1. The molecule has 0 saturated heterocycles. The molecule has 2 atom stereocenters. The Labute approximate surface area is 232 Å². The van der Waals surface area contributed by atoms with E-state index in [-0.39, 0.29) is 47.2 Å². The molecular formula is C33H34F4O3. The zero-order chi connectivity index (χ0) is 28.6. The summed E-state index contributed by atoms with van der Waals surface area (Å²) in [5.41, 5.74) is 2.42. The lowest BCUT2D eigenvalue weighted by Gasteiger charge is -2.30. The molecule has 2 aliphatic carbocycles. The van der Waals surface area contributed by atoms with Crippen molar-refractivity contribution in [1.82, 2.24) is 0 Å². The standard InChI is InChI=1S/C33H34F4O3/c1-33(2)14-4-6-27(33)25-15-19(8-12-22(25)26-16-21(32(36)37)11-13-28(26)34)18-40-29-7-3-5-23(31(29)35)24(17-30(38)39)20-9-10-20/h3,5,7-8,11-13,15-16,20,24,27,32H,4,6,9-10,14,17-18H2,1-2H3,(H,38,39)/t24-,27+/m0/s1. The van der Waals surface area contributed by atoms with Crippen LogP contribution in [0.2, 0.25) is 0 Å². The number of carboxylic acids is 1. The van der Waals surface area contributed by atoms with Gasteiger partial charge in [-0.1, -0.05) is 56.7 Å². The van der Waals surface area contributed by atoms with Crippen molar-refractivity contribution in [3.63, 3.8) is 0 Å². The van der Waals surface area contributed by atoms with Gasteiger partial charge >= 0.3 is 5.97 Å². The minimum atomic E-state index is -2.71. The van der Waals surface area contributed by atoms with Gasteiger partial charge in [0.15, 0.2) is 11.6 Å². The number of halogens is 4. The maximum absolute atomic E-state index is 15.5. The Kier molecular flexibility index (Phi) is 7.94. The largest absolute Gasteiger partial charge is 0.486 e. The van der Waals surface area contributed by atoms with Crippen LogP contribution in [0.15, 0.2) is 54.6 Å². The van der Waals surface area contributed by atoms with Gasteiger partial charge in [0.2, 0.25) is 0 Å². The third-order valence-electron chi connectivity index (χ3n) is 8.65. The van der Waals surface area contributed by atoms with Crippen LogP contribution in [0.3, 0.4) is 0 Å². The molecule has 0 radical (unpaired) electrons. The molecule has 0 amide bonds. The number of carbonyl (C=O) groups is 1. The van der Waals surface area contributed by atoms with Crippen LogP contribution in [0.1, 0.15) is 92.9 Å². The van der Waals surface area contributed by atoms with E-state index in [0.29, 0.717) is 11.1 Å². The molecule has 2 fully saturated rings. The first-order chi connectivity index (χ1) is 19.0. The van der Waals surface area contributed by atoms with E-state index in [0.717, 1.165) is 55.4 Å². The van der Waals surface area contributed by atoms with Crippen molar-refractivity contribution in [1.29, 1.82) is 0 Å². The summed E-state index contributed by atoms with van der Waals surface area (Å²) in [5.74, 6) is -2.15. The van der Waals surface area contributed by atoms with Crippen molar-refractivity contribution in [3.8, 4) is 16.9 Å². The molecule has 212 valence electrons. The van der Waals surface area contributed by atoms with E-state index in [4.69, 9.17) is 4.74 Å². The second-order valence-corrected chi connectivity index (χ2v) is 11.9. The normalized spacial score (nSPS) is 19.1. The molecule has 3 aromatic rings. The van der Waals surface area contributed by atoms with Crippen LogP contribution in [0.4, 0.5) is 17.6 Å². The molecule has 1 N–H and O–H groups in total. The Morgan fingerprint density at radius 1 is 1.02 bits per heavy atom. The number of hydrogen-bond donors (Lipinski definition) is 1. The van der Waals surface area contributed by atoms with Gasteiger partial charge in [-0.15, -0.1) is 0 Å². The highest BCUT2D eigenvalue weighted by atomic mass is 19.3. The fraction of sp³-hybridized carbons (Fsp3) is 0.424. The first-order valence-electron chi connectivity index (χ1n) is 13.9. The van der Waals surface area contributed by atoms with E-state index in [1.165, 1.54) is 12.1 Å². The predicted octanol–water partition coefficient (Wildman–Crippen LogP) is 9.41. The highest BCUT2D eigenvalue weighted by Gasteiger charge is 2.38. The van der Waals surface area contributed by atoms with Gasteiger partial charge in [-0.3, -0.25) is 4.79 Å². The lowest BCUT2D eigenvalue weighted by Crippen LogP contribution is -2.17. The third kappa shape index (κ3) is 5.89. The van der Waals surface area contributed by atoms with Crippen LogP contribution in [0, 0.1) is 23.0 Å². The van der Waals surface area contributed by atoms with Gasteiger partial charge in [0.05, 0.1) is 6.42 Å². The van der Waals surface area contributed by atoms with Crippen molar-refractivity contribution in [2.75, 3.05) is 0 Å². The summed E-state index contributed by atoms with van der Waals surface area (Å²) in [6.45, 7) is 4.38. The first-order valence-corrected chi connectivity index (χ1v) is 13.9. The summed E-state index contributed by atoms with van der Waals surface area (Å²) < 4.78 is 63.3. The van der Waals surface area contributed by atoms with E-state index >= 15 is 4.39 Å². The number of hydrogen-bond acceptors (Lipinski definition) is 2. The van der Waals surface area contributed by atoms with Crippen LogP contribution in [-0.4, -0.2) is 11.1 Å². The van der Waals surface area contributed by atoms with E-state index in [1.54, 1.807) is 24.3 Å². The smallest absolute Gasteiger partial charge is 0.303 e. The van der Waals surface area contributed by atoms with Gasteiger partial charge in [0.25, 0.3) is 6.43 Å². The quantitative estimate of drug-likeness (QED) is 0.254. The lowest BCUT2D eigenvalue weighted by atomic mass is 9.75. The highest BCUT2D eigenvalue weighted by Crippen LogP contribution is 2.51. The van der Waals surface area contributed by atoms with Crippen LogP contribution in [0.25, 0.3) is 11.1 Å². The Balaban J connectivity index is 1.47. The molecule has 0 heterocycles. The van der Waals surface area contributed by atoms with E-state index in [9.17, 15) is 23.1 Å². The lowest BCUT2D eigenvalue weighted by molar-refractivity contribution is -0.137. The summed E-state index contributed by atoms with van der Waals surface area (Å²) in [6.07, 6.45) is 1.83. The molecule has 2 saturated carbocycles. The summed E-state index contributed by atoms with van der Waals surface area (Å²) in [4.78, 5) is 11.4. The van der Waals surface area contributed by atoms with Crippen molar-refractivity contribution < 1.29 is 32.2 Å².